The van der Waals surface area contributed by atoms with Crippen LogP contribution in [0.2, 0.25) is 0 Å². The molecule has 6 heteroatoms. The van der Waals surface area contributed by atoms with Crippen molar-refractivity contribution in [3.05, 3.63) is 29.8 Å². The maximum atomic E-state index is 12.0. The summed E-state index contributed by atoms with van der Waals surface area (Å²) in [5, 5.41) is 0. The summed E-state index contributed by atoms with van der Waals surface area (Å²) < 4.78 is 15.8. The summed E-state index contributed by atoms with van der Waals surface area (Å²) in [4.78, 5) is 25.1. The van der Waals surface area contributed by atoms with E-state index in [2.05, 4.69) is 4.74 Å². The Hall–Kier alpha value is -2.24. The van der Waals surface area contributed by atoms with Crippen molar-refractivity contribution in [3.8, 4) is 5.75 Å². The number of rotatable bonds is 4. The lowest BCUT2D eigenvalue weighted by Gasteiger charge is -2.24. The minimum absolute atomic E-state index is 0.271. The molecule has 0 aromatic heterocycles. The molecule has 0 aliphatic carbocycles. The molecular formula is C18H25NO5. The number of benzene rings is 1. The van der Waals surface area contributed by atoms with Gasteiger partial charge in [0.25, 0.3) is 0 Å². The molecule has 132 valence electrons. The molecule has 1 aliphatic heterocycles. The SMILES string of the molecule is COC(=O)c1ccc(OCC2CCN(C(=O)OC(C)(C)C)C2)cc1. The number of hydrogen-bond acceptors (Lipinski definition) is 5. The average molecular weight is 335 g/mol. The largest absolute Gasteiger partial charge is 0.493 e. The van der Waals surface area contributed by atoms with E-state index in [1.54, 1.807) is 29.2 Å². The third-order valence-electron chi connectivity index (χ3n) is 3.70. The zero-order valence-corrected chi connectivity index (χ0v) is 14.7. The van der Waals surface area contributed by atoms with Gasteiger partial charge in [-0.2, -0.15) is 0 Å². The van der Waals surface area contributed by atoms with Crippen molar-refractivity contribution in [2.75, 3.05) is 26.8 Å². The Morgan fingerprint density at radius 3 is 2.46 bits per heavy atom. The molecule has 0 N–H and O–H groups in total. The van der Waals surface area contributed by atoms with Gasteiger partial charge in [0.1, 0.15) is 11.4 Å². The van der Waals surface area contributed by atoms with Crippen LogP contribution in [0.5, 0.6) is 5.75 Å². The van der Waals surface area contributed by atoms with E-state index >= 15 is 0 Å². The molecule has 0 saturated carbocycles. The van der Waals surface area contributed by atoms with Crippen molar-refractivity contribution in [3.63, 3.8) is 0 Å². The van der Waals surface area contributed by atoms with E-state index in [4.69, 9.17) is 9.47 Å². The van der Waals surface area contributed by atoms with Crippen molar-refractivity contribution >= 4 is 12.1 Å². The molecule has 1 fully saturated rings. The van der Waals surface area contributed by atoms with Crippen LogP contribution in [-0.4, -0.2) is 49.4 Å². The summed E-state index contributed by atoms with van der Waals surface area (Å²) in [5.74, 6) is 0.599. The number of hydrogen-bond donors (Lipinski definition) is 0. The van der Waals surface area contributed by atoms with Crippen molar-refractivity contribution in [1.82, 2.24) is 4.90 Å². The third-order valence-corrected chi connectivity index (χ3v) is 3.70. The van der Waals surface area contributed by atoms with Gasteiger partial charge in [-0.15, -0.1) is 0 Å². The Kier molecular flexibility index (Phi) is 5.70. The molecule has 1 aromatic rings. The second-order valence-electron chi connectivity index (χ2n) is 6.91. The quantitative estimate of drug-likeness (QED) is 0.791. The standard InChI is InChI=1S/C18H25NO5/c1-18(2,3)24-17(21)19-10-9-13(11-19)12-23-15-7-5-14(6-8-15)16(20)22-4/h5-8,13H,9-12H2,1-4H3. The number of nitrogens with zero attached hydrogens (tertiary/aromatic N) is 1. The average Bonchev–Trinajstić information content (AvgIpc) is 3.00. The Morgan fingerprint density at radius 2 is 1.88 bits per heavy atom. The fourth-order valence-corrected chi connectivity index (χ4v) is 2.48. The lowest BCUT2D eigenvalue weighted by molar-refractivity contribution is 0.0284. The number of methoxy groups -OCH3 is 1. The highest BCUT2D eigenvalue weighted by atomic mass is 16.6. The Balaban J connectivity index is 1.79. The minimum atomic E-state index is -0.479. The summed E-state index contributed by atoms with van der Waals surface area (Å²) in [6, 6.07) is 6.82. The van der Waals surface area contributed by atoms with Crippen molar-refractivity contribution in [2.24, 2.45) is 5.92 Å². The van der Waals surface area contributed by atoms with Gasteiger partial charge < -0.3 is 19.1 Å². The molecule has 1 aromatic carbocycles. The van der Waals surface area contributed by atoms with E-state index in [1.807, 2.05) is 20.8 Å². The van der Waals surface area contributed by atoms with Crippen LogP contribution >= 0.6 is 0 Å². The molecule has 1 amide bonds. The van der Waals surface area contributed by atoms with Crippen LogP contribution in [0.1, 0.15) is 37.6 Å². The van der Waals surface area contributed by atoms with Crippen LogP contribution < -0.4 is 4.74 Å². The Bertz CT molecular complexity index is 576. The molecular weight excluding hydrogens is 310 g/mol. The summed E-state index contributed by atoms with van der Waals surface area (Å²) in [6.45, 7) is 7.43. The fourth-order valence-electron chi connectivity index (χ4n) is 2.48. The first-order chi connectivity index (χ1) is 11.3. The van der Waals surface area contributed by atoms with Crippen LogP contribution in [0, 0.1) is 5.92 Å². The van der Waals surface area contributed by atoms with Gasteiger partial charge >= 0.3 is 12.1 Å². The molecule has 0 bridgehead atoms. The lowest BCUT2D eigenvalue weighted by atomic mass is 10.1. The predicted molar refractivity (Wildman–Crippen MR) is 89.2 cm³/mol. The maximum absolute atomic E-state index is 12.0. The minimum Gasteiger partial charge on any atom is -0.493 e. The van der Waals surface area contributed by atoms with Crippen LogP contribution in [0.25, 0.3) is 0 Å². The van der Waals surface area contributed by atoms with Gasteiger partial charge in [0, 0.05) is 19.0 Å². The number of carbonyl (C=O) groups excluding carboxylic acids is 2. The van der Waals surface area contributed by atoms with E-state index < -0.39 is 5.60 Å². The van der Waals surface area contributed by atoms with Gasteiger partial charge in [-0.05, 0) is 51.5 Å². The lowest BCUT2D eigenvalue weighted by Crippen LogP contribution is -2.35. The van der Waals surface area contributed by atoms with Gasteiger partial charge in [0.15, 0.2) is 0 Å². The van der Waals surface area contributed by atoms with Crippen LogP contribution in [0.4, 0.5) is 4.79 Å². The zero-order valence-electron chi connectivity index (χ0n) is 14.7. The van der Waals surface area contributed by atoms with Gasteiger partial charge in [0.05, 0.1) is 19.3 Å². The molecule has 1 saturated heterocycles. The highest BCUT2D eigenvalue weighted by Gasteiger charge is 2.30. The van der Waals surface area contributed by atoms with E-state index in [9.17, 15) is 9.59 Å². The number of likely N-dealkylation sites (tertiary alicyclic amines) is 1. The second-order valence-corrected chi connectivity index (χ2v) is 6.91. The predicted octanol–water partition coefficient (Wildman–Crippen LogP) is 3.11. The topological polar surface area (TPSA) is 65.1 Å². The highest BCUT2D eigenvalue weighted by Crippen LogP contribution is 2.21. The molecule has 0 radical (unpaired) electrons. The van der Waals surface area contributed by atoms with E-state index in [1.165, 1.54) is 7.11 Å². The van der Waals surface area contributed by atoms with E-state index in [0.717, 1.165) is 6.42 Å². The summed E-state index contributed by atoms with van der Waals surface area (Å²) in [7, 11) is 1.35. The third kappa shape index (κ3) is 5.15. The molecule has 6 nitrogen and oxygen atoms in total. The normalized spacial score (nSPS) is 17.5. The highest BCUT2D eigenvalue weighted by molar-refractivity contribution is 5.89. The molecule has 1 aliphatic rings. The number of carbonyl (C=O) groups is 2. The van der Waals surface area contributed by atoms with E-state index in [-0.39, 0.29) is 18.0 Å². The van der Waals surface area contributed by atoms with Gasteiger partial charge in [0.2, 0.25) is 0 Å². The van der Waals surface area contributed by atoms with Gasteiger partial charge in [-0.25, -0.2) is 9.59 Å². The molecule has 0 spiro atoms. The van der Waals surface area contributed by atoms with E-state index in [0.29, 0.717) is 31.0 Å². The van der Waals surface area contributed by atoms with Crippen molar-refractivity contribution in [1.29, 1.82) is 0 Å². The molecule has 24 heavy (non-hydrogen) atoms. The molecule has 1 unspecified atom stereocenters. The first-order valence-electron chi connectivity index (χ1n) is 8.07. The van der Waals surface area contributed by atoms with Crippen molar-refractivity contribution < 1.29 is 23.8 Å². The monoisotopic (exact) mass is 335 g/mol. The number of ether oxygens (including phenoxy) is 3. The van der Waals surface area contributed by atoms with Gasteiger partial charge in [-0.1, -0.05) is 0 Å². The van der Waals surface area contributed by atoms with Crippen LogP contribution in [0.15, 0.2) is 24.3 Å². The van der Waals surface area contributed by atoms with Crippen molar-refractivity contribution in [2.45, 2.75) is 32.8 Å². The second kappa shape index (κ2) is 7.55. The van der Waals surface area contributed by atoms with Gasteiger partial charge in [-0.3, -0.25) is 0 Å². The summed E-state index contributed by atoms with van der Waals surface area (Å²) in [6.07, 6.45) is 0.617. The van der Waals surface area contributed by atoms with Crippen LogP contribution in [0.3, 0.4) is 0 Å². The zero-order chi connectivity index (χ0) is 17.7. The number of esters is 1. The Labute approximate surface area is 142 Å². The molecule has 1 heterocycles. The Morgan fingerprint density at radius 1 is 1.21 bits per heavy atom. The molecule has 1 atom stereocenters. The first kappa shape index (κ1) is 18.1. The summed E-state index contributed by atoms with van der Waals surface area (Å²) >= 11 is 0. The number of amides is 1. The first-order valence-corrected chi connectivity index (χ1v) is 8.07. The maximum Gasteiger partial charge on any atom is 0.410 e. The molecule has 2 rings (SSSR count). The summed E-state index contributed by atoms with van der Waals surface area (Å²) in [5.41, 5.74) is 0.00868. The fraction of sp³-hybridized carbons (Fsp3) is 0.556. The smallest absolute Gasteiger partial charge is 0.410 e. The van der Waals surface area contributed by atoms with Crippen LogP contribution in [-0.2, 0) is 9.47 Å².